The molecule has 1 aromatic heterocycles. The molecule has 0 saturated carbocycles. The van der Waals surface area contributed by atoms with Gasteiger partial charge in [0, 0.05) is 16.7 Å². The normalized spacial score (nSPS) is 13.3. The zero-order valence-electron chi connectivity index (χ0n) is 13.1. The molecule has 1 aromatic carbocycles. The highest BCUT2D eigenvalue weighted by Crippen LogP contribution is 2.25. The third kappa shape index (κ3) is 4.12. The van der Waals surface area contributed by atoms with Crippen LogP contribution in [0.25, 0.3) is 11.4 Å². The number of nitrogens with zero attached hydrogens (tertiary/aromatic N) is 2. The number of carbonyl (C=O) groups excluding carboxylic acids is 1. The Bertz CT molecular complexity index is 707. The van der Waals surface area contributed by atoms with Gasteiger partial charge in [0.1, 0.15) is 16.5 Å². The van der Waals surface area contributed by atoms with Crippen LogP contribution in [-0.2, 0) is 9.53 Å². The Balaban J connectivity index is 2.37. The van der Waals surface area contributed by atoms with E-state index in [0.29, 0.717) is 23.1 Å². The number of halogens is 2. The fraction of sp³-hybridized carbons (Fsp3) is 0.312. The van der Waals surface area contributed by atoms with Crippen molar-refractivity contribution in [1.29, 1.82) is 0 Å². The Morgan fingerprint density at radius 1 is 1.26 bits per heavy atom. The average molecular weight is 354 g/mol. The molecule has 0 fully saturated rings. The Kier molecular flexibility index (Phi) is 5.44. The molecular formula is C16H17Cl2N3O2. The second kappa shape index (κ2) is 7.15. The maximum Gasteiger partial charge on any atom is 0.331 e. The van der Waals surface area contributed by atoms with Crippen molar-refractivity contribution >= 4 is 35.0 Å². The number of aromatic nitrogens is 2. The predicted molar refractivity (Wildman–Crippen MR) is 91.8 cm³/mol. The quantitative estimate of drug-likeness (QED) is 0.644. The molecule has 122 valence electrons. The number of anilines is 1. The minimum Gasteiger partial charge on any atom is -0.467 e. The fourth-order valence-corrected chi connectivity index (χ4v) is 2.31. The van der Waals surface area contributed by atoms with Crippen LogP contribution >= 0.6 is 23.2 Å². The van der Waals surface area contributed by atoms with Gasteiger partial charge in [0.25, 0.3) is 0 Å². The summed E-state index contributed by atoms with van der Waals surface area (Å²) in [6.07, 6.45) is 0.525. The van der Waals surface area contributed by atoms with E-state index in [4.69, 9.17) is 27.9 Å². The smallest absolute Gasteiger partial charge is 0.331 e. The largest absolute Gasteiger partial charge is 0.467 e. The summed E-state index contributed by atoms with van der Waals surface area (Å²) in [6, 6.07) is 8.67. The van der Waals surface area contributed by atoms with Gasteiger partial charge in [-0.2, -0.15) is 0 Å². The summed E-state index contributed by atoms with van der Waals surface area (Å²) in [5, 5.41) is 3.98. The summed E-state index contributed by atoms with van der Waals surface area (Å²) >= 11 is 12.0. The highest BCUT2D eigenvalue weighted by Gasteiger charge is 2.32. The third-order valence-corrected chi connectivity index (χ3v) is 3.99. The van der Waals surface area contributed by atoms with Gasteiger partial charge < -0.3 is 10.1 Å². The Morgan fingerprint density at radius 2 is 1.91 bits per heavy atom. The molecule has 1 unspecified atom stereocenters. The van der Waals surface area contributed by atoms with E-state index in [1.807, 2.05) is 6.92 Å². The Hall–Kier alpha value is -1.85. The van der Waals surface area contributed by atoms with E-state index in [1.54, 1.807) is 37.3 Å². The van der Waals surface area contributed by atoms with Gasteiger partial charge in [-0.25, -0.2) is 14.8 Å². The van der Waals surface area contributed by atoms with Crippen LogP contribution in [0.1, 0.15) is 20.3 Å². The number of esters is 1. The Morgan fingerprint density at radius 3 is 2.48 bits per heavy atom. The molecule has 0 radical (unpaired) electrons. The molecule has 1 atom stereocenters. The molecule has 0 bridgehead atoms. The molecule has 7 heteroatoms. The summed E-state index contributed by atoms with van der Waals surface area (Å²) in [5.74, 6) is 0.521. The lowest BCUT2D eigenvalue weighted by atomic mass is 9.99. The SMILES string of the molecule is CCC(C)(Nc1cc(Cl)nc(-c2ccc(Cl)cc2)n1)C(=O)OC. The van der Waals surface area contributed by atoms with Crippen molar-refractivity contribution < 1.29 is 9.53 Å². The molecule has 0 spiro atoms. The van der Waals surface area contributed by atoms with Crippen molar-refractivity contribution in [3.05, 3.63) is 40.5 Å². The number of carbonyl (C=O) groups is 1. The van der Waals surface area contributed by atoms with E-state index >= 15 is 0 Å². The summed E-state index contributed by atoms with van der Waals surface area (Å²) in [7, 11) is 1.35. The molecule has 0 saturated heterocycles. The second-order valence-corrected chi connectivity index (χ2v) is 6.03. The van der Waals surface area contributed by atoms with E-state index in [2.05, 4.69) is 15.3 Å². The number of hydrogen-bond donors (Lipinski definition) is 1. The van der Waals surface area contributed by atoms with E-state index in [0.717, 1.165) is 5.56 Å². The lowest BCUT2D eigenvalue weighted by Crippen LogP contribution is -2.44. The van der Waals surface area contributed by atoms with E-state index in [9.17, 15) is 4.79 Å². The van der Waals surface area contributed by atoms with Crippen molar-refractivity contribution in [2.75, 3.05) is 12.4 Å². The lowest BCUT2D eigenvalue weighted by Gasteiger charge is -2.27. The molecule has 0 amide bonds. The minimum atomic E-state index is -0.899. The molecular weight excluding hydrogens is 337 g/mol. The molecule has 23 heavy (non-hydrogen) atoms. The minimum absolute atomic E-state index is 0.274. The van der Waals surface area contributed by atoms with Crippen molar-refractivity contribution in [2.24, 2.45) is 0 Å². The van der Waals surface area contributed by atoms with Gasteiger partial charge in [-0.05, 0) is 37.6 Å². The standard InChI is InChI=1S/C16H17Cl2N3O2/c1-4-16(2,15(22)23-3)21-13-9-12(18)19-14(20-13)10-5-7-11(17)8-6-10/h5-9H,4H2,1-3H3,(H,19,20,21). The van der Waals surface area contributed by atoms with Crippen molar-refractivity contribution in [2.45, 2.75) is 25.8 Å². The summed E-state index contributed by atoms with van der Waals surface area (Å²) < 4.78 is 4.84. The monoisotopic (exact) mass is 353 g/mol. The van der Waals surface area contributed by atoms with Gasteiger partial charge >= 0.3 is 5.97 Å². The molecule has 0 aliphatic heterocycles. The van der Waals surface area contributed by atoms with Crippen LogP contribution in [0.3, 0.4) is 0 Å². The number of rotatable bonds is 5. The highest BCUT2D eigenvalue weighted by molar-refractivity contribution is 6.30. The van der Waals surface area contributed by atoms with Crippen LogP contribution < -0.4 is 5.32 Å². The number of hydrogen-bond acceptors (Lipinski definition) is 5. The van der Waals surface area contributed by atoms with Crippen molar-refractivity contribution in [3.63, 3.8) is 0 Å². The van der Waals surface area contributed by atoms with Gasteiger partial charge in [-0.3, -0.25) is 0 Å². The number of benzene rings is 1. The first kappa shape index (κ1) is 17.5. The Labute approximate surface area is 145 Å². The second-order valence-electron chi connectivity index (χ2n) is 5.21. The van der Waals surface area contributed by atoms with Gasteiger partial charge in [-0.15, -0.1) is 0 Å². The van der Waals surface area contributed by atoms with Crippen LogP contribution in [0.5, 0.6) is 0 Å². The van der Waals surface area contributed by atoms with Crippen LogP contribution in [0.15, 0.2) is 30.3 Å². The topological polar surface area (TPSA) is 64.1 Å². The van der Waals surface area contributed by atoms with E-state index < -0.39 is 5.54 Å². The lowest BCUT2D eigenvalue weighted by molar-refractivity contribution is -0.145. The van der Waals surface area contributed by atoms with Crippen LogP contribution in [0.4, 0.5) is 5.82 Å². The number of ether oxygens (including phenoxy) is 1. The summed E-state index contributed by atoms with van der Waals surface area (Å²) in [6.45, 7) is 3.63. The molecule has 2 rings (SSSR count). The van der Waals surface area contributed by atoms with Gasteiger partial charge in [0.15, 0.2) is 5.82 Å². The maximum atomic E-state index is 12.0. The zero-order valence-corrected chi connectivity index (χ0v) is 14.6. The van der Waals surface area contributed by atoms with Gasteiger partial charge in [0.05, 0.1) is 7.11 Å². The van der Waals surface area contributed by atoms with Crippen molar-refractivity contribution in [3.8, 4) is 11.4 Å². The maximum absolute atomic E-state index is 12.0. The van der Waals surface area contributed by atoms with Crippen LogP contribution in [0, 0.1) is 0 Å². The molecule has 1 heterocycles. The number of nitrogens with one attached hydrogen (secondary N) is 1. The van der Waals surface area contributed by atoms with Gasteiger partial charge in [-0.1, -0.05) is 30.1 Å². The summed E-state index contributed by atoms with van der Waals surface area (Å²) in [4.78, 5) is 20.6. The van der Waals surface area contributed by atoms with E-state index in [-0.39, 0.29) is 11.1 Å². The zero-order chi connectivity index (χ0) is 17.0. The first-order valence-corrected chi connectivity index (χ1v) is 7.80. The van der Waals surface area contributed by atoms with Crippen molar-refractivity contribution in [1.82, 2.24) is 9.97 Å². The molecule has 0 aliphatic carbocycles. The third-order valence-electron chi connectivity index (χ3n) is 3.54. The van der Waals surface area contributed by atoms with Gasteiger partial charge in [0.2, 0.25) is 0 Å². The molecule has 5 nitrogen and oxygen atoms in total. The highest BCUT2D eigenvalue weighted by atomic mass is 35.5. The first-order chi connectivity index (χ1) is 10.9. The first-order valence-electron chi connectivity index (χ1n) is 7.05. The van der Waals surface area contributed by atoms with Crippen LogP contribution in [0.2, 0.25) is 10.2 Å². The predicted octanol–water partition coefficient (Wildman–Crippen LogP) is 4.20. The average Bonchev–Trinajstić information content (AvgIpc) is 2.54. The molecule has 1 N–H and O–H groups in total. The van der Waals surface area contributed by atoms with Crippen LogP contribution in [-0.4, -0.2) is 28.6 Å². The fourth-order valence-electron chi connectivity index (χ4n) is 2.00. The summed E-state index contributed by atoms with van der Waals surface area (Å²) in [5.41, 5.74) is -0.125. The molecule has 2 aromatic rings. The van der Waals surface area contributed by atoms with E-state index in [1.165, 1.54) is 7.11 Å². The molecule has 0 aliphatic rings. The number of methoxy groups -OCH3 is 1.